The van der Waals surface area contributed by atoms with Crippen LogP contribution in [0, 0.1) is 41.5 Å². The smallest absolute Gasteiger partial charge is 0.166 e. The quantitative estimate of drug-likeness (QED) is 0.815. The van der Waals surface area contributed by atoms with Crippen LogP contribution in [0.25, 0.3) is 0 Å². The summed E-state index contributed by atoms with van der Waals surface area (Å²) in [5.41, 5.74) is 12.5. The van der Waals surface area contributed by atoms with Crippen LogP contribution in [0.3, 0.4) is 0 Å². The molecule has 2 aromatic carbocycles. The van der Waals surface area contributed by atoms with Gasteiger partial charge in [0, 0.05) is 18.1 Å². The number of aliphatic hydroxyl groups is 1. The predicted molar refractivity (Wildman–Crippen MR) is 109 cm³/mol. The van der Waals surface area contributed by atoms with Crippen molar-refractivity contribution in [2.24, 2.45) is 0 Å². The lowest BCUT2D eigenvalue weighted by atomic mass is 10.0. The van der Waals surface area contributed by atoms with Gasteiger partial charge in [-0.05, 0) is 52.7 Å². The number of quaternary nitrogens is 1. The number of hydrogen-bond donors (Lipinski definition) is 2. The van der Waals surface area contributed by atoms with Gasteiger partial charge in [0.15, 0.2) is 6.67 Å². The first kappa shape index (κ1) is 21.5. The third kappa shape index (κ3) is 3.77. The third-order valence-corrected chi connectivity index (χ3v) is 5.56. The molecule has 0 bridgehead atoms. The van der Waals surface area contributed by atoms with E-state index in [1.54, 1.807) is 0 Å². The zero-order valence-corrected chi connectivity index (χ0v) is 18.3. The molecule has 27 heavy (non-hydrogen) atoms. The number of nitrogens with zero attached hydrogens (tertiary/aromatic N) is 1. The first-order valence-electron chi connectivity index (χ1n) is 9.35. The van der Waals surface area contributed by atoms with Gasteiger partial charge in [-0.25, -0.2) is 0 Å². The fourth-order valence-electron chi connectivity index (χ4n) is 4.69. The van der Waals surface area contributed by atoms with Crippen LogP contribution in [0.5, 0.6) is 0 Å². The molecule has 1 unspecified atom stereocenters. The second-order valence-corrected chi connectivity index (χ2v) is 7.82. The summed E-state index contributed by atoms with van der Waals surface area (Å²) in [6.45, 7) is 16.0. The Labute approximate surface area is 169 Å². The summed E-state index contributed by atoms with van der Waals surface area (Å²) in [6.07, 6.45) is 0. The second-order valence-electron chi connectivity index (χ2n) is 7.82. The lowest BCUT2D eigenvalue weighted by Gasteiger charge is -2.25. The largest absolute Gasteiger partial charge is 1.00 e. The van der Waals surface area contributed by atoms with Gasteiger partial charge >= 0.3 is 0 Å². The maximum atomic E-state index is 10.1. The third-order valence-electron chi connectivity index (χ3n) is 5.56. The van der Waals surface area contributed by atoms with E-state index in [1.165, 1.54) is 55.4 Å². The number of aryl methyl sites for hydroxylation is 6. The van der Waals surface area contributed by atoms with Crippen LogP contribution in [-0.2, 0) is 0 Å². The van der Waals surface area contributed by atoms with Gasteiger partial charge < -0.3 is 17.5 Å². The van der Waals surface area contributed by atoms with Crippen molar-refractivity contribution in [2.45, 2.75) is 48.5 Å². The Bertz CT molecular complexity index is 855. The summed E-state index contributed by atoms with van der Waals surface area (Å²) in [5, 5.41) is 10.1. The zero-order chi connectivity index (χ0) is 19.2. The van der Waals surface area contributed by atoms with Crippen molar-refractivity contribution >= 4 is 11.4 Å². The molecule has 0 fully saturated rings. The molecule has 1 heterocycles. The van der Waals surface area contributed by atoms with Crippen molar-refractivity contribution in [3.8, 4) is 0 Å². The van der Waals surface area contributed by atoms with Crippen molar-refractivity contribution < 1.29 is 22.4 Å². The molecule has 0 saturated heterocycles. The summed E-state index contributed by atoms with van der Waals surface area (Å²) in [5.74, 6) is 0. The van der Waals surface area contributed by atoms with Crippen LogP contribution < -0.4 is 22.2 Å². The molecule has 0 radical (unpaired) electrons. The average Bonchev–Trinajstić information content (AvgIpc) is 2.82. The van der Waals surface area contributed by atoms with Crippen LogP contribution in [-0.4, -0.2) is 18.4 Å². The van der Waals surface area contributed by atoms with Crippen LogP contribution in [0.2, 0.25) is 0 Å². The normalized spacial score (nSPS) is 16.7. The van der Waals surface area contributed by atoms with Gasteiger partial charge in [-0.3, -0.25) is 9.80 Å². The number of anilines is 1. The van der Waals surface area contributed by atoms with E-state index in [0.717, 1.165) is 12.4 Å². The maximum absolute atomic E-state index is 10.1. The molecule has 1 aliphatic heterocycles. The molecule has 0 amide bonds. The van der Waals surface area contributed by atoms with Crippen molar-refractivity contribution in [2.75, 3.05) is 18.2 Å². The number of halogens is 1. The fraction of sp³-hybridized carbons (Fsp3) is 0.391. The Morgan fingerprint density at radius 2 is 1.26 bits per heavy atom. The summed E-state index contributed by atoms with van der Waals surface area (Å²) in [6, 6.07) is 8.97. The minimum Gasteiger partial charge on any atom is -1.00 e. The minimum absolute atomic E-state index is 0. The Morgan fingerprint density at radius 1 is 0.815 bits per heavy atom. The van der Waals surface area contributed by atoms with E-state index >= 15 is 0 Å². The first-order chi connectivity index (χ1) is 12.2. The van der Waals surface area contributed by atoms with Gasteiger partial charge in [-0.2, -0.15) is 0 Å². The van der Waals surface area contributed by atoms with E-state index in [2.05, 4.69) is 77.6 Å². The highest BCUT2D eigenvalue weighted by Gasteiger charge is 2.35. The second kappa shape index (κ2) is 8.05. The van der Waals surface area contributed by atoms with E-state index in [-0.39, 0.29) is 19.0 Å². The highest BCUT2D eigenvalue weighted by Crippen LogP contribution is 2.31. The molecule has 0 aliphatic carbocycles. The molecule has 146 valence electrons. The number of nitrogens with one attached hydrogen (secondary N) is 1. The van der Waals surface area contributed by atoms with Gasteiger partial charge in [0.1, 0.15) is 17.1 Å². The Hall–Kier alpha value is -1.81. The number of benzene rings is 2. The summed E-state index contributed by atoms with van der Waals surface area (Å²) in [7, 11) is 0. The summed E-state index contributed by atoms with van der Waals surface area (Å²) in [4.78, 5) is 3.65. The lowest BCUT2D eigenvalue weighted by Crippen LogP contribution is -3.05. The SMILES string of the molecule is CC1=C(CO)N(c2c(C)cc(C)cc2C)C[NH+]1c1c(C)cc(C)cc1C.[Cl-]. The van der Waals surface area contributed by atoms with Gasteiger partial charge in [-0.15, -0.1) is 0 Å². The van der Waals surface area contributed by atoms with E-state index in [1.807, 2.05) is 0 Å². The molecule has 2 N–H and O–H groups in total. The number of allylic oxidation sites excluding steroid dienone is 1. The van der Waals surface area contributed by atoms with Crippen LogP contribution in [0.4, 0.5) is 11.4 Å². The minimum atomic E-state index is 0. The van der Waals surface area contributed by atoms with Gasteiger partial charge in [-0.1, -0.05) is 35.4 Å². The Morgan fingerprint density at radius 3 is 1.70 bits per heavy atom. The van der Waals surface area contributed by atoms with Gasteiger partial charge in [0.05, 0.1) is 12.3 Å². The van der Waals surface area contributed by atoms with Crippen molar-refractivity contribution in [3.63, 3.8) is 0 Å². The summed E-state index contributed by atoms with van der Waals surface area (Å²) < 4.78 is 0. The van der Waals surface area contributed by atoms with Gasteiger partial charge in [0.25, 0.3) is 0 Å². The van der Waals surface area contributed by atoms with Crippen LogP contribution >= 0.6 is 0 Å². The topological polar surface area (TPSA) is 27.9 Å². The fourth-order valence-corrected chi connectivity index (χ4v) is 4.69. The molecule has 2 aromatic rings. The van der Waals surface area contributed by atoms with Gasteiger partial charge in [0.2, 0.25) is 0 Å². The van der Waals surface area contributed by atoms with Crippen molar-refractivity contribution in [1.29, 1.82) is 0 Å². The molecule has 3 nitrogen and oxygen atoms in total. The molecular formula is C23H31ClN2O. The Balaban J connectivity index is 0.00000261. The van der Waals surface area contributed by atoms with Crippen LogP contribution in [0.15, 0.2) is 35.7 Å². The number of aliphatic hydroxyl groups excluding tert-OH is 1. The lowest BCUT2D eigenvalue weighted by molar-refractivity contribution is -0.783. The van der Waals surface area contributed by atoms with E-state index in [4.69, 9.17) is 0 Å². The Kier molecular flexibility index (Phi) is 6.41. The molecule has 4 heteroatoms. The predicted octanol–water partition coefficient (Wildman–Crippen LogP) is 0.759. The van der Waals surface area contributed by atoms with Crippen molar-refractivity contribution in [1.82, 2.24) is 0 Å². The molecule has 3 rings (SSSR count). The number of rotatable bonds is 3. The van der Waals surface area contributed by atoms with E-state index < -0.39 is 0 Å². The first-order valence-corrected chi connectivity index (χ1v) is 9.35. The average molecular weight is 387 g/mol. The standard InChI is InChI=1S/C23H30N2O.ClH/c1-14-8-16(3)22(17(4)9-14)24-13-25(21(12-26)20(24)7)23-18(5)10-15(2)11-19(23)6;/h8-11,26H,12-13H2,1-7H3;1H. The molecule has 0 aromatic heterocycles. The molecular weight excluding hydrogens is 356 g/mol. The van der Waals surface area contributed by atoms with Crippen molar-refractivity contribution in [3.05, 3.63) is 69.0 Å². The molecule has 1 atom stereocenters. The molecule has 0 spiro atoms. The van der Waals surface area contributed by atoms with E-state index in [9.17, 15) is 5.11 Å². The molecule has 0 saturated carbocycles. The summed E-state index contributed by atoms with van der Waals surface area (Å²) >= 11 is 0. The highest BCUT2D eigenvalue weighted by atomic mass is 35.5. The zero-order valence-electron chi connectivity index (χ0n) is 17.5. The molecule has 1 aliphatic rings. The number of hydrogen-bond acceptors (Lipinski definition) is 2. The van der Waals surface area contributed by atoms with E-state index in [0.29, 0.717) is 0 Å². The monoisotopic (exact) mass is 386 g/mol. The van der Waals surface area contributed by atoms with Crippen LogP contribution in [0.1, 0.15) is 40.3 Å². The maximum Gasteiger partial charge on any atom is 0.166 e. The highest BCUT2D eigenvalue weighted by molar-refractivity contribution is 5.65.